The third-order valence-corrected chi connectivity index (χ3v) is 9.06. The lowest BCUT2D eigenvalue weighted by molar-refractivity contribution is 0.115. The molecule has 3 unspecified atom stereocenters. The zero-order chi connectivity index (χ0) is 21.9. The van der Waals surface area contributed by atoms with Gasteiger partial charge >= 0.3 is 0 Å². The van der Waals surface area contributed by atoms with Crippen molar-refractivity contribution in [2.75, 3.05) is 59.8 Å². The van der Waals surface area contributed by atoms with E-state index in [0.29, 0.717) is 40.0 Å². The van der Waals surface area contributed by atoms with Crippen molar-refractivity contribution in [2.24, 2.45) is 11.8 Å². The molecule has 0 radical (unpaired) electrons. The molecule has 3 fully saturated rings. The van der Waals surface area contributed by atoms with E-state index in [1.54, 1.807) is 18.6 Å². The van der Waals surface area contributed by atoms with Gasteiger partial charge in [0.1, 0.15) is 0 Å². The maximum absolute atomic E-state index is 12.6. The molecule has 2 aromatic rings. The molecule has 2 saturated heterocycles. The fourth-order valence-corrected chi connectivity index (χ4v) is 6.79. The van der Waals surface area contributed by atoms with Crippen molar-refractivity contribution in [3.63, 3.8) is 0 Å². The summed E-state index contributed by atoms with van der Waals surface area (Å²) in [7, 11) is -1.09. The van der Waals surface area contributed by atoms with Crippen molar-refractivity contribution in [3.8, 4) is 0 Å². The van der Waals surface area contributed by atoms with E-state index in [9.17, 15) is 9.32 Å². The van der Waals surface area contributed by atoms with Crippen LogP contribution in [0, 0.1) is 11.8 Å². The number of nitrogens with zero attached hydrogens (tertiary/aromatic N) is 7. The van der Waals surface area contributed by atoms with Gasteiger partial charge in [-0.1, -0.05) is 11.6 Å². The van der Waals surface area contributed by atoms with Gasteiger partial charge in [-0.3, -0.25) is 4.21 Å². The van der Waals surface area contributed by atoms with Gasteiger partial charge in [-0.15, -0.1) is 0 Å². The minimum Gasteiger partial charge on any atom is -0.394 e. The third-order valence-electron chi connectivity index (χ3n) is 7.53. The first kappa shape index (κ1) is 20.6. The Morgan fingerprint density at radius 1 is 1.03 bits per heavy atom. The Bertz CT molecular complexity index is 1030. The zero-order valence-electron chi connectivity index (χ0n) is 17.7. The van der Waals surface area contributed by atoms with E-state index < -0.39 is 10.8 Å². The van der Waals surface area contributed by atoms with Crippen LogP contribution in [0.25, 0.3) is 0 Å². The first-order valence-electron chi connectivity index (χ1n) is 11.2. The molecular weight excluding hydrogens is 450 g/mol. The fourth-order valence-electron chi connectivity index (χ4n) is 5.60. The number of anilines is 3. The predicted molar refractivity (Wildman–Crippen MR) is 123 cm³/mol. The molecule has 32 heavy (non-hydrogen) atoms. The van der Waals surface area contributed by atoms with Crippen molar-refractivity contribution in [1.29, 1.82) is 0 Å². The van der Waals surface area contributed by atoms with E-state index in [-0.39, 0.29) is 12.1 Å². The van der Waals surface area contributed by atoms with Gasteiger partial charge in [-0.2, -0.15) is 4.98 Å². The SMILES string of the molecule is O=S1CCN(C2(CO)CCC2)c2nc(N3CC4CN(c5ncc(Cl)cn5)CC4C3)ncc21. The maximum Gasteiger partial charge on any atom is 0.227 e. The number of hydrogen-bond donors (Lipinski definition) is 1. The Labute approximate surface area is 194 Å². The first-order chi connectivity index (χ1) is 15.6. The van der Waals surface area contributed by atoms with E-state index in [1.807, 2.05) is 0 Å². The van der Waals surface area contributed by atoms with Crippen molar-refractivity contribution in [3.05, 3.63) is 23.6 Å². The number of hydrogen-bond acceptors (Lipinski definition) is 9. The number of aliphatic hydroxyl groups is 1. The van der Waals surface area contributed by atoms with Crippen LogP contribution in [0.4, 0.5) is 17.7 Å². The van der Waals surface area contributed by atoms with E-state index in [1.165, 1.54) is 0 Å². The normalized spacial score (nSPS) is 28.4. The highest BCUT2D eigenvalue weighted by Crippen LogP contribution is 2.43. The van der Waals surface area contributed by atoms with Gasteiger partial charge in [0.05, 0.1) is 51.5 Å². The molecule has 6 rings (SSSR count). The van der Waals surface area contributed by atoms with Crippen LogP contribution < -0.4 is 14.7 Å². The van der Waals surface area contributed by atoms with Gasteiger partial charge < -0.3 is 19.8 Å². The number of halogens is 1. The van der Waals surface area contributed by atoms with Crippen molar-refractivity contribution < 1.29 is 9.32 Å². The van der Waals surface area contributed by atoms with Crippen LogP contribution in [0.3, 0.4) is 0 Å². The summed E-state index contributed by atoms with van der Waals surface area (Å²) in [6, 6.07) is 0. The lowest BCUT2D eigenvalue weighted by Crippen LogP contribution is -2.59. The van der Waals surface area contributed by atoms with Gasteiger partial charge in [0.25, 0.3) is 0 Å². The van der Waals surface area contributed by atoms with Crippen LogP contribution in [-0.2, 0) is 10.8 Å². The van der Waals surface area contributed by atoms with E-state index in [2.05, 4.69) is 29.7 Å². The summed E-state index contributed by atoms with van der Waals surface area (Å²) in [4.78, 5) is 25.6. The minimum atomic E-state index is -1.09. The molecule has 170 valence electrons. The Balaban J connectivity index is 1.22. The summed E-state index contributed by atoms with van der Waals surface area (Å²) in [5, 5.41) is 10.7. The average molecular weight is 476 g/mol. The number of rotatable bonds is 4. The van der Waals surface area contributed by atoms with Crippen LogP contribution in [0.15, 0.2) is 23.5 Å². The smallest absolute Gasteiger partial charge is 0.227 e. The standard InChI is InChI=1S/C21H26ClN7O2S/c22-16-6-23-19(24-7-16)27-9-14-11-28(12-15(14)10-27)20-25-8-17-18(26-20)29(4-5-32(17)31)21(13-30)2-1-3-21/h6-8,14-15,30H,1-5,9-13H2. The molecule has 9 nitrogen and oxygen atoms in total. The second-order valence-corrected chi connectivity index (χ2v) is 11.3. The van der Waals surface area contributed by atoms with Gasteiger partial charge in [-0.05, 0) is 19.3 Å². The van der Waals surface area contributed by atoms with Crippen LogP contribution in [0.1, 0.15) is 19.3 Å². The van der Waals surface area contributed by atoms with Crippen molar-refractivity contribution >= 4 is 40.1 Å². The quantitative estimate of drug-likeness (QED) is 0.702. The monoisotopic (exact) mass is 475 g/mol. The fraction of sp³-hybridized carbons (Fsp3) is 0.619. The van der Waals surface area contributed by atoms with E-state index in [0.717, 1.165) is 57.2 Å². The molecule has 0 bridgehead atoms. The number of aromatic nitrogens is 4. The molecule has 0 spiro atoms. The molecule has 5 heterocycles. The largest absolute Gasteiger partial charge is 0.394 e. The molecule has 1 saturated carbocycles. The molecule has 3 aliphatic heterocycles. The Kier molecular flexibility index (Phi) is 5.00. The van der Waals surface area contributed by atoms with Crippen molar-refractivity contribution in [2.45, 2.75) is 29.7 Å². The summed E-state index contributed by atoms with van der Waals surface area (Å²) in [6.45, 7) is 4.32. The lowest BCUT2D eigenvalue weighted by Gasteiger charge is -2.51. The van der Waals surface area contributed by atoms with Crippen LogP contribution in [0.5, 0.6) is 0 Å². The third kappa shape index (κ3) is 3.26. The molecule has 1 N–H and O–H groups in total. The Morgan fingerprint density at radius 3 is 2.25 bits per heavy atom. The molecule has 0 amide bonds. The minimum absolute atomic E-state index is 0.106. The van der Waals surface area contributed by atoms with Crippen LogP contribution >= 0.6 is 11.6 Å². The van der Waals surface area contributed by atoms with E-state index in [4.69, 9.17) is 16.6 Å². The van der Waals surface area contributed by atoms with Crippen molar-refractivity contribution in [1.82, 2.24) is 19.9 Å². The summed E-state index contributed by atoms with van der Waals surface area (Å²) < 4.78 is 12.6. The summed E-state index contributed by atoms with van der Waals surface area (Å²) in [5.41, 5.74) is -0.258. The molecule has 11 heteroatoms. The van der Waals surface area contributed by atoms with Gasteiger partial charge in [0, 0.05) is 50.3 Å². The molecule has 1 aliphatic carbocycles. The Morgan fingerprint density at radius 2 is 1.66 bits per heavy atom. The van der Waals surface area contributed by atoms with E-state index >= 15 is 0 Å². The highest BCUT2D eigenvalue weighted by atomic mass is 35.5. The Hall–Kier alpha value is -2.04. The molecule has 3 atom stereocenters. The topological polar surface area (TPSA) is 98.6 Å². The molecule has 2 aromatic heterocycles. The lowest BCUT2D eigenvalue weighted by atomic mass is 9.76. The highest BCUT2D eigenvalue weighted by Gasteiger charge is 2.46. The summed E-state index contributed by atoms with van der Waals surface area (Å²) >= 11 is 5.92. The average Bonchev–Trinajstić information content (AvgIpc) is 3.35. The number of aliphatic hydroxyl groups excluding tert-OH is 1. The second kappa shape index (κ2) is 7.78. The van der Waals surface area contributed by atoms with Crippen LogP contribution in [0.2, 0.25) is 5.02 Å². The summed E-state index contributed by atoms with van der Waals surface area (Å²) in [5.74, 6) is 3.73. The first-order valence-corrected chi connectivity index (χ1v) is 12.9. The zero-order valence-corrected chi connectivity index (χ0v) is 19.3. The van der Waals surface area contributed by atoms with Gasteiger partial charge in [0.2, 0.25) is 11.9 Å². The molecular formula is C21H26ClN7O2S. The molecule has 4 aliphatic rings. The highest BCUT2D eigenvalue weighted by molar-refractivity contribution is 7.85. The predicted octanol–water partition coefficient (Wildman–Crippen LogP) is 1.34. The second-order valence-electron chi connectivity index (χ2n) is 9.33. The van der Waals surface area contributed by atoms with Gasteiger partial charge in [0.15, 0.2) is 5.82 Å². The number of fused-ring (bicyclic) bond motifs is 2. The summed E-state index contributed by atoms with van der Waals surface area (Å²) in [6.07, 6.45) is 8.03. The van der Waals surface area contributed by atoms with Crippen LogP contribution in [-0.4, -0.2) is 79.9 Å². The molecule has 0 aromatic carbocycles. The van der Waals surface area contributed by atoms with Gasteiger partial charge in [-0.25, -0.2) is 15.0 Å². The maximum atomic E-state index is 12.6.